The Bertz CT molecular complexity index is 935. The smallest absolute Gasteiger partial charge is 0.311 e. The zero-order chi connectivity index (χ0) is 20.3. The van der Waals surface area contributed by atoms with Crippen molar-refractivity contribution < 1.29 is 32.3 Å². The Kier molecular flexibility index (Phi) is 5.62. The number of anilines is 2. The molecule has 2 aromatic rings. The van der Waals surface area contributed by atoms with Gasteiger partial charge in [0.25, 0.3) is 5.91 Å². The van der Waals surface area contributed by atoms with E-state index >= 15 is 0 Å². The molecule has 1 heterocycles. The Labute approximate surface area is 157 Å². The molecule has 0 aromatic heterocycles. The van der Waals surface area contributed by atoms with Gasteiger partial charge in [-0.25, -0.2) is 13.2 Å². The van der Waals surface area contributed by atoms with E-state index in [9.17, 15) is 27.6 Å². The molecule has 1 N–H and O–H groups in total. The van der Waals surface area contributed by atoms with Gasteiger partial charge in [0.1, 0.15) is 5.82 Å². The minimum absolute atomic E-state index is 0.00159. The molecule has 9 heteroatoms. The molecule has 2 aromatic carbocycles. The molecule has 0 saturated carbocycles. The van der Waals surface area contributed by atoms with Gasteiger partial charge in [-0.1, -0.05) is 12.1 Å². The minimum atomic E-state index is -1.13. The lowest BCUT2D eigenvalue weighted by molar-refractivity contribution is -0.151. The number of hydrogen-bond acceptors (Lipinski definition) is 4. The lowest BCUT2D eigenvalue weighted by atomic mass is 10.1. The van der Waals surface area contributed by atoms with Gasteiger partial charge >= 0.3 is 5.97 Å². The third kappa shape index (κ3) is 4.30. The molecule has 1 atom stereocenters. The number of benzene rings is 2. The lowest BCUT2D eigenvalue weighted by Gasteiger charge is -2.17. The van der Waals surface area contributed by atoms with Crippen LogP contribution in [0.2, 0.25) is 0 Å². The van der Waals surface area contributed by atoms with Gasteiger partial charge in [-0.3, -0.25) is 14.4 Å². The Balaban J connectivity index is 1.54. The number of nitrogens with zero attached hydrogens (tertiary/aromatic N) is 1. The number of esters is 1. The standard InChI is InChI=1S/C19H15F3N2O4/c20-13-6-5-12(8-15(13)22)23-17(25)10-28-19(27)11-7-18(26)24(9-11)16-4-2-1-3-14(16)21/h1-6,8,11H,7,9-10H2,(H,23,25)/t11-/m1/s1. The molecule has 1 aliphatic rings. The van der Waals surface area contributed by atoms with Gasteiger partial charge in [-0.2, -0.15) is 0 Å². The molecular formula is C19H15F3N2O4. The molecule has 0 spiro atoms. The molecule has 146 valence electrons. The largest absolute Gasteiger partial charge is 0.455 e. The first-order valence-corrected chi connectivity index (χ1v) is 8.31. The average molecular weight is 392 g/mol. The quantitative estimate of drug-likeness (QED) is 0.794. The summed E-state index contributed by atoms with van der Waals surface area (Å²) >= 11 is 0. The highest BCUT2D eigenvalue weighted by atomic mass is 19.2. The van der Waals surface area contributed by atoms with Crippen molar-refractivity contribution in [1.82, 2.24) is 0 Å². The van der Waals surface area contributed by atoms with Crippen molar-refractivity contribution in [3.63, 3.8) is 0 Å². The van der Waals surface area contributed by atoms with E-state index in [0.29, 0.717) is 0 Å². The molecule has 0 bridgehead atoms. The van der Waals surface area contributed by atoms with E-state index in [2.05, 4.69) is 5.32 Å². The molecule has 6 nitrogen and oxygen atoms in total. The second-order valence-corrected chi connectivity index (χ2v) is 6.14. The predicted octanol–water partition coefficient (Wildman–Crippen LogP) is 2.64. The molecule has 1 fully saturated rings. The third-order valence-corrected chi connectivity index (χ3v) is 4.15. The summed E-state index contributed by atoms with van der Waals surface area (Å²) in [5.41, 5.74) is 0.0700. The Morgan fingerprint density at radius 2 is 1.82 bits per heavy atom. The van der Waals surface area contributed by atoms with E-state index in [1.807, 2.05) is 0 Å². The van der Waals surface area contributed by atoms with Crippen LogP contribution in [0, 0.1) is 23.4 Å². The zero-order valence-electron chi connectivity index (χ0n) is 14.5. The molecule has 1 aliphatic heterocycles. The van der Waals surface area contributed by atoms with Crippen LogP contribution in [-0.4, -0.2) is 30.9 Å². The summed E-state index contributed by atoms with van der Waals surface area (Å²) in [5.74, 6) is -5.60. The van der Waals surface area contributed by atoms with Crippen LogP contribution >= 0.6 is 0 Å². The van der Waals surface area contributed by atoms with E-state index in [4.69, 9.17) is 4.74 Å². The highest BCUT2D eigenvalue weighted by Crippen LogP contribution is 2.27. The highest BCUT2D eigenvalue weighted by molar-refractivity contribution is 6.00. The van der Waals surface area contributed by atoms with Crippen molar-refractivity contribution in [2.75, 3.05) is 23.4 Å². The van der Waals surface area contributed by atoms with E-state index in [1.165, 1.54) is 18.2 Å². The van der Waals surface area contributed by atoms with Crippen molar-refractivity contribution in [3.8, 4) is 0 Å². The molecule has 1 saturated heterocycles. The first-order valence-electron chi connectivity index (χ1n) is 8.31. The fourth-order valence-electron chi connectivity index (χ4n) is 2.79. The number of carbonyl (C=O) groups is 3. The Morgan fingerprint density at radius 3 is 2.54 bits per heavy atom. The van der Waals surface area contributed by atoms with Gasteiger partial charge in [-0.15, -0.1) is 0 Å². The van der Waals surface area contributed by atoms with Crippen LogP contribution in [0.5, 0.6) is 0 Å². The van der Waals surface area contributed by atoms with Crippen LogP contribution in [-0.2, 0) is 19.1 Å². The molecule has 2 amide bonds. The maximum Gasteiger partial charge on any atom is 0.311 e. The Hall–Kier alpha value is -3.36. The summed E-state index contributed by atoms with van der Waals surface area (Å²) in [6, 6.07) is 8.47. The van der Waals surface area contributed by atoms with Crippen molar-refractivity contribution in [3.05, 3.63) is 59.9 Å². The number of carbonyl (C=O) groups excluding carboxylic acids is 3. The number of rotatable bonds is 5. The van der Waals surface area contributed by atoms with Crippen molar-refractivity contribution in [2.45, 2.75) is 6.42 Å². The Morgan fingerprint density at radius 1 is 1.07 bits per heavy atom. The van der Waals surface area contributed by atoms with Gasteiger partial charge in [-0.05, 0) is 24.3 Å². The molecule has 0 radical (unpaired) electrons. The predicted molar refractivity (Wildman–Crippen MR) is 92.8 cm³/mol. The number of para-hydroxylation sites is 1. The maximum atomic E-state index is 13.8. The van der Waals surface area contributed by atoms with E-state index in [1.54, 1.807) is 6.07 Å². The summed E-state index contributed by atoms with van der Waals surface area (Å²) in [6.45, 7) is -0.731. The number of nitrogens with one attached hydrogen (secondary N) is 1. The maximum absolute atomic E-state index is 13.8. The van der Waals surface area contributed by atoms with E-state index < -0.39 is 47.8 Å². The van der Waals surface area contributed by atoms with Gasteiger partial charge in [0.2, 0.25) is 5.91 Å². The lowest BCUT2D eigenvalue weighted by Crippen LogP contribution is -2.28. The number of halogens is 3. The number of hydrogen-bond donors (Lipinski definition) is 1. The summed E-state index contributed by atoms with van der Waals surface area (Å²) < 4.78 is 44.7. The minimum Gasteiger partial charge on any atom is -0.455 e. The van der Waals surface area contributed by atoms with Crippen LogP contribution < -0.4 is 10.2 Å². The van der Waals surface area contributed by atoms with Gasteiger partial charge in [0.05, 0.1) is 11.6 Å². The summed E-state index contributed by atoms with van der Waals surface area (Å²) in [4.78, 5) is 37.2. The van der Waals surface area contributed by atoms with Crippen molar-refractivity contribution >= 4 is 29.2 Å². The number of ether oxygens (including phenoxy) is 1. The molecule has 28 heavy (non-hydrogen) atoms. The molecular weight excluding hydrogens is 377 g/mol. The summed E-state index contributed by atoms with van der Waals surface area (Å²) in [5, 5.41) is 2.26. The van der Waals surface area contributed by atoms with Crippen LogP contribution in [0.4, 0.5) is 24.5 Å². The topological polar surface area (TPSA) is 75.7 Å². The average Bonchev–Trinajstić information content (AvgIpc) is 3.05. The molecule has 0 unspecified atom stereocenters. The van der Waals surface area contributed by atoms with Gasteiger partial charge < -0.3 is 15.0 Å². The van der Waals surface area contributed by atoms with Crippen molar-refractivity contribution in [1.29, 1.82) is 0 Å². The molecule has 3 rings (SSSR count). The second kappa shape index (κ2) is 8.12. The summed E-state index contributed by atoms with van der Waals surface area (Å²) in [6.07, 6.45) is -0.169. The van der Waals surface area contributed by atoms with Crippen LogP contribution in [0.3, 0.4) is 0 Å². The first-order chi connectivity index (χ1) is 13.3. The fraction of sp³-hybridized carbons (Fsp3) is 0.211. The normalized spacial score (nSPS) is 16.2. The van der Waals surface area contributed by atoms with Crippen LogP contribution in [0.15, 0.2) is 42.5 Å². The van der Waals surface area contributed by atoms with Gasteiger partial charge in [0, 0.05) is 24.7 Å². The van der Waals surface area contributed by atoms with Crippen molar-refractivity contribution in [2.24, 2.45) is 5.92 Å². The first kappa shape index (κ1) is 19.4. The van der Waals surface area contributed by atoms with E-state index in [0.717, 1.165) is 23.1 Å². The van der Waals surface area contributed by atoms with E-state index in [-0.39, 0.29) is 24.3 Å². The van der Waals surface area contributed by atoms with Gasteiger partial charge in [0.15, 0.2) is 18.2 Å². The van der Waals surface area contributed by atoms with Crippen LogP contribution in [0.1, 0.15) is 6.42 Å². The fourth-order valence-corrected chi connectivity index (χ4v) is 2.79. The SMILES string of the molecule is O=C(COC(=O)[C@@H]1CC(=O)N(c2ccccc2F)C1)Nc1ccc(F)c(F)c1. The summed E-state index contributed by atoms with van der Waals surface area (Å²) in [7, 11) is 0. The monoisotopic (exact) mass is 392 g/mol. The highest BCUT2D eigenvalue weighted by Gasteiger charge is 2.37. The number of amides is 2. The van der Waals surface area contributed by atoms with Crippen LogP contribution in [0.25, 0.3) is 0 Å². The second-order valence-electron chi connectivity index (χ2n) is 6.14. The zero-order valence-corrected chi connectivity index (χ0v) is 14.5. The molecule has 0 aliphatic carbocycles. The third-order valence-electron chi connectivity index (χ3n) is 4.15.